The molecule has 1 aromatic rings. The van der Waals surface area contributed by atoms with Crippen LogP contribution in [0.2, 0.25) is 0 Å². The molecule has 2 heterocycles. The molecule has 0 aromatic carbocycles. The normalized spacial score (nSPS) is 14.4. The lowest BCUT2D eigenvalue weighted by Gasteiger charge is -2.28. The van der Waals surface area contributed by atoms with Crippen molar-refractivity contribution in [3.05, 3.63) is 29.4 Å². The third-order valence-corrected chi connectivity index (χ3v) is 6.47. The largest absolute Gasteiger partial charge is 0.380 e. The van der Waals surface area contributed by atoms with Crippen molar-refractivity contribution < 1.29 is 14.3 Å². The molecule has 2 rings (SSSR count). The Morgan fingerprint density at radius 1 is 1.21 bits per heavy atom. The van der Waals surface area contributed by atoms with Crippen molar-refractivity contribution in [2.75, 3.05) is 60.5 Å². The van der Waals surface area contributed by atoms with Crippen LogP contribution in [0, 0.1) is 36.1 Å². The van der Waals surface area contributed by atoms with Gasteiger partial charge in [-0.05, 0) is 59.7 Å². The molecule has 0 amide bonds. The molecule has 0 spiro atoms. The molecule has 1 aromatic heterocycles. The highest BCUT2D eigenvalue weighted by atomic mass is 16.5. The van der Waals surface area contributed by atoms with Crippen LogP contribution in [-0.2, 0) is 23.0 Å². The first-order chi connectivity index (χ1) is 20.1. The number of terminal acetylenes is 1. The number of nitrogens with one attached hydrogen (secondary N) is 1. The number of carbonyl (C=O) groups excluding carboxylic acids is 2. The van der Waals surface area contributed by atoms with Gasteiger partial charge in [-0.15, -0.1) is 6.42 Å². The SMILES string of the molecule is C#Cc1nc(C=O)n(C)c1C/C=C\C.CCC#CN.CN1CCCOCC1.CNCC(C=O)CC(C)N(C)CC(C)C. The van der Waals surface area contributed by atoms with E-state index >= 15 is 0 Å². The maximum absolute atomic E-state index is 10.8. The van der Waals surface area contributed by atoms with Gasteiger partial charge in [0, 0.05) is 70.7 Å². The zero-order valence-electron chi connectivity index (χ0n) is 27.8. The molecule has 1 fully saturated rings. The predicted molar refractivity (Wildman–Crippen MR) is 175 cm³/mol. The summed E-state index contributed by atoms with van der Waals surface area (Å²) in [5.41, 5.74) is 6.22. The maximum Gasteiger partial charge on any atom is 0.185 e. The number of rotatable bonds is 11. The molecule has 1 saturated heterocycles. The van der Waals surface area contributed by atoms with Crippen LogP contribution in [0.1, 0.15) is 75.9 Å². The van der Waals surface area contributed by atoms with Crippen LogP contribution in [0.3, 0.4) is 0 Å². The second-order valence-corrected chi connectivity index (χ2v) is 10.7. The Bertz CT molecular complexity index is 963. The number of aromatic nitrogens is 2. The lowest BCUT2D eigenvalue weighted by molar-refractivity contribution is -0.111. The summed E-state index contributed by atoms with van der Waals surface area (Å²) >= 11 is 0. The van der Waals surface area contributed by atoms with Gasteiger partial charge in [-0.25, -0.2) is 4.98 Å². The molecule has 9 heteroatoms. The van der Waals surface area contributed by atoms with Crippen molar-refractivity contribution >= 4 is 12.6 Å². The Labute approximate surface area is 256 Å². The van der Waals surface area contributed by atoms with Crippen molar-refractivity contribution in [1.29, 1.82) is 0 Å². The summed E-state index contributed by atoms with van der Waals surface area (Å²) < 4.78 is 6.95. The summed E-state index contributed by atoms with van der Waals surface area (Å²) in [6.07, 6.45) is 14.7. The lowest BCUT2D eigenvalue weighted by Crippen LogP contribution is -2.35. The van der Waals surface area contributed by atoms with E-state index in [2.05, 4.69) is 72.9 Å². The molecule has 9 nitrogen and oxygen atoms in total. The van der Waals surface area contributed by atoms with Gasteiger partial charge in [0.2, 0.25) is 0 Å². The van der Waals surface area contributed by atoms with Gasteiger partial charge in [0.1, 0.15) is 12.0 Å². The predicted octanol–water partition coefficient (Wildman–Crippen LogP) is 3.37. The van der Waals surface area contributed by atoms with Gasteiger partial charge >= 0.3 is 0 Å². The highest BCUT2D eigenvalue weighted by Crippen LogP contribution is 2.11. The fourth-order valence-electron chi connectivity index (χ4n) is 4.03. The van der Waals surface area contributed by atoms with E-state index in [1.807, 2.05) is 33.0 Å². The Morgan fingerprint density at radius 2 is 1.90 bits per heavy atom. The van der Waals surface area contributed by atoms with Crippen molar-refractivity contribution in [2.45, 2.75) is 66.3 Å². The molecule has 1 aliphatic heterocycles. The van der Waals surface area contributed by atoms with Crippen LogP contribution in [0.4, 0.5) is 0 Å². The molecule has 0 saturated carbocycles. The van der Waals surface area contributed by atoms with Crippen LogP contribution >= 0.6 is 0 Å². The number of likely N-dealkylation sites (N-methyl/N-ethyl adjacent to an activating group) is 1. The van der Waals surface area contributed by atoms with Crippen LogP contribution in [0.15, 0.2) is 12.2 Å². The zero-order valence-corrected chi connectivity index (χ0v) is 27.8. The first-order valence-corrected chi connectivity index (χ1v) is 14.9. The number of imidazole rings is 1. The number of nitrogens with zero attached hydrogens (tertiary/aromatic N) is 4. The smallest absolute Gasteiger partial charge is 0.185 e. The molecule has 1 aliphatic rings. The molecule has 238 valence electrons. The number of nitrogens with two attached hydrogens (primary N) is 1. The molecular formula is C33H58N6O3. The number of hydrogen-bond donors (Lipinski definition) is 2. The maximum atomic E-state index is 10.8. The molecule has 0 aliphatic carbocycles. The van der Waals surface area contributed by atoms with Crippen LogP contribution < -0.4 is 11.1 Å². The number of hydrogen-bond acceptors (Lipinski definition) is 8. The minimum atomic E-state index is 0.139. The summed E-state index contributed by atoms with van der Waals surface area (Å²) in [6.45, 7) is 16.5. The second-order valence-electron chi connectivity index (χ2n) is 10.7. The van der Waals surface area contributed by atoms with Crippen molar-refractivity contribution in [1.82, 2.24) is 24.7 Å². The lowest BCUT2D eigenvalue weighted by atomic mass is 10.0. The van der Waals surface area contributed by atoms with Gasteiger partial charge in [0.25, 0.3) is 0 Å². The third-order valence-electron chi connectivity index (χ3n) is 6.47. The first-order valence-electron chi connectivity index (χ1n) is 14.9. The van der Waals surface area contributed by atoms with Crippen molar-refractivity contribution in [3.8, 4) is 24.3 Å². The summed E-state index contributed by atoms with van der Waals surface area (Å²) in [5, 5.41) is 3.05. The summed E-state index contributed by atoms with van der Waals surface area (Å²) in [6, 6.07) is 2.74. The standard InChI is InChI=1S/C12H26N2O.C11H12N2O.C6H13NO.C4H7N/c1-10(2)8-14(5)11(3)6-12(9-15)7-13-4;1-4-6-7-10-9(5-2)12-11(8-14)13(10)3;1-7-3-2-5-8-6-4-7;1-2-3-4-5/h9-13H,6-8H2,1-5H3;2,4,6,8H,7H2,1,3H3;2-6H2,1H3;2,5H2,1H3/b;6-4-;;. The summed E-state index contributed by atoms with van der Waals surface area (Å²) in [5.74, 6) is 6.30. The molecule has 42 heavy (non-hydrogen) atoms. The van der Waals surface area contributed by atoms with Crippen LogP contribution in [0.5, 0.6) is 0 Å². The van der Waals surface area contributed by atoms with Gasteiger partial charge < -0.3 is 34.9 Å². The molecule has 0 radical (unpaired) electrons. The van der Waals surface area contributed by atoms with E-state index in [0.29, 0.717) is 36.2 Å². The van der Waals surface area contributed by atoms with Crippen LogP contribution in [0.25, 0.3) is 0 Å². The van der Waals surface area contributed by atoms with E-state index in [0.717, 1.165) is 57.7 Å². The Hall–Kier alpha value is -2.95. The van der Waals surface area contributed by atoms with E-state index in [-0.39, 0.29) is 5.92 Å². The monoisotopic (exact) mass is 586 g/mol. The zero-order chi connectivity index (χ0) is 32.3. The fraction of sp³-hybridized carbons (Fsp3) is 0.667. The Kier molecular flexibility index (Phi) is 26.4. The Morgan fingerprint density at radius 3 is 2.38 bits per heavy atom. The first kappa shape index (κ1) is 41.2. The van der Waals surface area contributed by atoms with Crippen molar-refractivity contribution in [3.63, 3.8) is 0 Å². The van der Waals surface area contributed by atoms with Gasteiger partial charge in [0.15, 0.2) is 12.1 Å². The summed E-state index contributed by atoms with van der Waals surface area (Å²) in [4.78, 5) is 30.1. The molecule has 2 unspecified atom stereocenters. The van der Waals surface area contributed by atoms with Gasteiger partial charge in [-0.1, -0.05) is 38.8 Å². The van der Waals surface area contributed by atoms with Gasteiger partial charge in [-0.3, -0.25) is 4.79 Å². The molecule has 3 N–H and O–H groups in total. The highest BCUT2D eigenvalue weighted by molar-refractivity contribution is 5.70. The number of carbonyl (C=O) groups is 2. The summed E-state index contributed by atoms with van der Waals surface area (Å²) in [7, 11) is 7.94. The van der Waals surface area contributed by atoms with E-state index in [4.69, 9.17) is 16.9 Å². The number of ether oxygens (including phenoxy) is 1. The third kappa shape index (κ3) is 20.0. The topological polar surface area (TPSA) is 106 Å². The molecule has 0 bridgehead atoms. The molecule has 2 atom stereocenters. The average Bonchev–Trinajstić information content (AvgIpc) is 3.09. The van der Waals surface area contributed by atoms with Crippen molar-refractivity contribution in [2.24, 2.45) is 24.6 Å². The average molecular weight is 587 g/mol. The van der Waals surface area contributed by atoms with Gasteiger partial charge in [-0.2, -0.15) is 0 Å². The minimum absolute atomic E-state index is 0.139. The van der Waals surface area contributed by atoms with E-state index in [1.165, 1.54) is 13.0 Å². The van der Waals surface area contributed by atoms with Gasteiger partial charge in [0.05, 0.1) is 12.3 Å². The van der Waals surface area contributed by atoms with E-state index in [9.17, 15) is 9.59 Å². The second kappa shape index (κ2) is 26.9. The minimum Gasteiger partial charge on any atom is -0.380 e. The molecular weight excluding hydrogens is 528 g/mol. The highest BCUT2D eigenvalue weighted by Gasteiger charge is 2.16. The van der Waals surface area contributed by atoms with Crippen LogP contribution in [-0.4, -0.2) is 98.5 Å². The fourth-order valence-corrected chi connectivity index (χ4v) is 4.03. The van der Waals surface area contributed by atoms with E-state index < -0.39 is 0 Å². The van der Waals surface area contributed by atoms with E-state index in [1.54, 1.807) is 11.6 Å². The number of allylic oxidation sites excluding steroid dienone is 2. The Balaban J connectivity index is 0. The number of aldehydes is 2. The quantitative estimate of drug-likeness (QED) is 0.176.